The lowest BCUT2D eigenvalue weighted by atomic mass is 10.1. The summed E-state index contributed by atoms with van der Waals surface area (Å²) >= 11 is 0. The molecule has 7 nitrogen and oxygen atoms in total. The molecule has 0 radical (unpaired) electrons. The zero-order valence-corrected chi connectivity index (χ0v) is 17.6. The summed E-state index contributed by atoms with van der Waals surface area (Å²) < 4.78 is 0. The highest BCUT2D eigenvalue weighted by atomic mass is 16.3. The van der Waals surface area contributed by atoms with E-state index in [9.17, 15) is 5.11 Å². The molecule has 2 aromatic heterocycles. The smallest absolute Gasteiger partial charge is 0.138 e. The van der Waals surface area contributed by atoms with E-state index < -0.39 is 0 Å². The monoisotopic (exact) mass is 384 g/mol. The molecule has 3 heterocycles. The third kappa shape index (κ3) is 4.48. The Bertz CT molecular complexity index is 784. The Balaban J connectivity index is 1.86. The van der Waals surface area contributed by atoms with E-state index in [1.54, 1.807) is 0 Å². The highest BCUT2D eigenvalue weighted by Gasteiger charge is 2.26. The Morgan fingerprint density at radius 3 is 2.71 bits per heavy atom. The second-order valence-corrected chi connectivity index (χ2v) is 7.80. The number of pyridine rings is 1. The number of piperazine rings is 1. The Hall–Kier alpha value is -2.09. The molecule has 2 atom stereocenters. The molecule has 0 amide bonds. The number of aryl methyl sites for hydroxylation is 1. The number of aliphatic hydroxyl groups is 1. The maximum absolute atomic E-state index is 10.2. The summed E-state index contributed by atoms with van der Waals surface area (Å²) in [6.07, 6.45) is 1.82. The number of aliphatic hydroxyl groups excluding tert-OH is 1. The van der Waals surface area contributed by atoms with Crippen LogP contribution in [-0.4, -0.2) is 69.6 Å². The molecule has 1 aliphatic rings. The minimum atomic E-state index is -0.0581. The number of rotatable bonds is 6. The van der Waals surface area contributed by atoms with E-state index in [-0.39, 0.29) is 12.6 Å². The molecule has 0 aromatic carbocycles. The summed E-state index contributed by atoms with van der Waals surface area (Å²) in [5.74, 6) is 1.62. The third-order valence-corrected chi connectivity index (χ3v) is 5.78. The van der Waals surface area contributed by atoms with E-state index >= 15 is 0 Å². The number of likely N-dealkylation sites (N-methyl/N-ethyl adjacent to an activating group) is 1. The lowest BCUT2D eigenvalue weighted by Gasteiger charge is -2.39. The van der Waals surface area contributed by atoms with E-state index in [4.69, 9.17) is 4.98 Å². The van der Waals surface area contributed by atoms with Gasteiger partial charge in [-0.1, -0.05) is 6.07 Å². The van der Waals surface area contributed by atoms with Gasteiger partial charge in [0.25, 0.3) is 0 Å². The van der Waals surface area contributed by atoms with Crippen molar-refractivity contribution in [3.63, 3.8) is 0 Å². The maximum Gasteiger partial charge on any atom is 0.138 e. The van der Waals surface area contributed by atoms with Gasteiger partial charge in [0.2, 0.25) is 0 Å². The molecule has 28 heavy (non-hydrogen) atoms. The van der Waals surface area contributed by atoms with Gasteiger partial charge < -0.3 is 14.9 Å². The van der Waals surface area contributed by atoms with Gasteiger partial charge in [0.1, 0.15) is 11.6 Å². The fourth-order valence-electron chi connectivity index (χ4n) is 3.65. The normalized spacial score (nSPS) is 19.2. The summed E-state index contributed by atoms with van der Waals surface area (Å²) in [5.41, 5.74) is 2.75. The zero-order valence-electron chi connectivity index (χ0n) is 17.6. The van der Waals surface area contributed by atoms with E-state index in [0.717, 1.165) is 48.2 Å². The van der Waals surface area contributed by atoms with Crippen molar-refractivity contribution in [1.29, 1.82) is 0 Å². The highest BCUT2D eigenvalue weighted by molar-refractivity contribution is 5.50. The molecule has 0 unspecified atom stereocenters. The average Bonchev–Trinajstić information content (AvgIpc) is 2.69. The van der Waals surface area contributed by atoms with Gasteiger partial charge in [-0.05, 0) is 47.0 Å². The fourth-order valence-corrected chi connectivity index (χ4v) is 3.65. The Morgan fingerprint density at radius 2 is 2.07 bits per heavy atom. The molecule has 0 saturated carbocycles. The lowest BCUT2D eigenvalue weighted by molar-refractivity contribution is 0.229. The molecule has 1 saturated heterocycles. The van der Waals surface area contributed by atoms with Gasteiger partial charge in [-0.25, -0.2) is 9.97 Å². The average molecular weight is 385 g/mol. The molecule has 0 spiro atoms. The Labute approximate surface area is 168 Å². The van der Waals surface area contributed by atoms with Crippen molar-refractivity contribution in [2.24, 2.45) is 0 Å². The first-order chi connectivity index (χ1) is 13.4. The van der Waals surface area contributed by atoms with Crippen LogP contribution in [0.5, 0.6) is 0 Å². The standard InChI is InChI=1S/C21H32N6O/c1-15-12-27(11-10-25(15)4)21-18(14-28)20(23-17(3)24-21)13-26(5)16(2)19-8-6-7-9-22-19/h6-9,15-16,28H,10-14H2,1-5H3/t15-,16+/m1/s1. The van der Waals surface area contributed by atoms with Gasteiger partial charge >= 0.3 is 0 Å². The summed E-state index contributed by atoms with van der Waals surface area (Å²) in [4.78, 5) is 20.7. The van der Waals surface area contributed by atoms with Crippen LogP contribution in [0.15, 0.2) is 24.4 Å². The number of anilines is 1. The van der Waals surface area contributed by atoms with E-state index in [1.807, 2.05) is 31.3 Å². The summed E-state index contributed by atoms with van der Waals surface area (Å²) in [6.45, 7) is 9.66. The number of hydrogen-bond acceptors (Lipinski definition) is 7. The molecule has 2 aromatic rings. The van der Waals surface area contributed by atoms with Crippen molar-refractivity contribution in [2.75, 3.05) is 38.6 Å². The van der Waals surface area contributed by atoms with E-state index in [0.29, 0.717) is 12.6 Å². The van der Waals surface area contributed by atoms with Crippen LogP contribution in [-0.2, 0) is 13.2 Å². The van der Waals surface area contributed by atoms with Crippen molar-refractivity contribution < 1.29 is 5.11 Å². The molecule has 1 fully saturated rings. The third-order valence-electron chi connectivity index (χ3n) is 5.78. The molecule has 1 aliphatic heterocycles. The van der Waals surface area contributed by atoms with Gasteiger partial charge in [-0.3, -0.25) is 9.88 Å². The topological polar surface area (TPSA) is 68.6 Å². The fraction of sp³-hybridized carbons (Fsp3) is 0.571. The van der Waals surface area contributed by atoms with Gasteiger partial charge in [0.05, 0.1) is 18.0 Å². The predicted octanol–water partition coefficient (Wildman–Crippen LogP) is 2.01. The predicted molar refractivity (Wildman–Crippen MR) is 111 cm³/mol. The molecule has 7 heteroatoms. The lowest BCUT2D eigenvalue weighted by Crippen LogP contribution is -2.50. The first-order valence-electron chi connectivity index (χ1n) is 9.94. The van der Waals surface area contributed by atoms with Crippen LogP contribution < -0.4 is 4.90 Å². The van der Waals surface area contributed by atoms with Crippen LogP contribution in [0.1, 0.15) is 42.7 Å². The number of hydrogen-bond donors (Lipinski definition) is 1. The summed E-state index contributed by atoms with van der Waals surface area (Å²) in [5, 5.41) is 10.2. The minimum absolute atomic E-state index is 0.0581. The zero-order chi connectivity index (χ0) is 20.3. The largest absolute Gasteiger partial charge is 0.391 e. The molecular weight excluding hydrogens is 352 g/mol. The molecule has 152 valence electrons. The quantitative estimate of drug-likeness (QED) is 0.817. The first kappa shape index (κ1) is 20.6. The maximum atomic E-state index is 10.2. The SMILES string of the molecule is Cc1nc(CN(C)[C@@H](C)c2ccccn2)c(CO)c(N2CCN(C)[C@H](C)C2)n1. The van der Waals surface area contributed by atoms with Crippen molar-refractivity contribution >= 4 is 5.82 Å². The van der Waals surface area contributed by atoms with Crippen LogP contribution in [0.25, 0.3) is 0 Å². The Morgan fingerprint density at radius 1 is 1.29 bits per heavy atom. The van der Waals surface area contributed by atoms with Gasteiger partial charge in [0, 0.05) is 50.0 Å². The summed E-state index contributed by atoms with van der Waals surface area (Å²) in [7, 11) is 4.22. The van der Waals surface area contributed by atoms with Crippen LogP contribution in [0.2, 0.25) is 0 Å². The second kappa shape index (κ2) is 8.94. The minimum Gasteiger partial charge on any atom is -0.391 e. The van der Waals surface area contributed by atoms with Crippen molar-refractivity contribution in [3.05, 3.63) is 47.2 Å². The van der Waals surface area contributed by atoms with Gasteiger partial charge in [-0.2, -0.15) is 0 Å². The van der Waals surface area contributed by atoms with Crippen LogP contribution in [0.3, 0.4) is 0 Å². The Kier molecular flexibility index (Phi) is 6.59. The number of aromatic nitrogens is 3. The van der Waals surface area contributed by atoms with Crippen molar-refractivity contribution in [3.8, 4) is 0 Å². The van der Waals surface area contributed by atoms with Crippen molar-refractivity contribution in [2.45, 2.75) is 46.0 Å². The molecule has 0 aliphatic carbocycles. The van der Waals surface area contributed by atoms with E-state index in [1.165, 1.54) is 0 Å². The molecular formula is C21H32N6O. The van der Waals surface area contributed by atoms with Crippen molar-refractivity contribution in [1.82, 2.24) is 24.8 Å². The second-order valence-electron chi connectivity index (χ2n) is 7.80. The van der Waals surface area contributed by atoms with Crippen LogP contribution >= 0.6 is 0 Å². The number of nitrogens with zero attached hydrogens (tertiary/aromatic N) is 6. The highest BCUT2D eigenvalue weighted by Crippen LogP contribution is 2.26. The first-order valence-corrected chi connectivity index (χ1v) is 9.94. The summed E-state index contributed by atoms with van der Waals surface area (Å²) in [6, 6.07) is 6.57. The molecule has 0 bridgehead atoms. The van der Waals surface area contributed by atoms with E-state index in [2.05, 4.69) is 52.6 Å². The van der Waals surface area contributed by atoms with Gasteiger partial charge in [0.15, 0.2) is 0 Å². The van der Waals surface area contributed by atoms with Crippen LogP contribution in [0, 0.1) is 6.92 Å². The molecule has 3 rings (SSSR count). The van der Waals surface area contributed by atoms with Gasteiger partial charge in [-0.15, -0.1) is 0 Å². The molecule has 1 N–H and O–H groups in total. The van der Waals surface area contributed by atoms with Crippen LogP contribution in [0.4, 0.5) is 5.82 Å².